The molecule has 3 N–H and O–H groups in total. The molecule has 0 aromatic heterocycles. The maximum Gasteiger partial charge on any atom is 0.220 e. The fourth-order valence-electron chi connectivity index (χ4n) is 5.28. The summed E-state index contributed by atoms with van der Waals surface area (Å²) in [5.41, 5.74) is 0. The normalized spacial score (nSPS) is 14.5. The fraction of sp³-hybridized carbons (Fsp3) is 0.510. The molecule has 0 fully saturated rings. The number of aliphatic hydroxyl groups is 2. The molecule has 0 rings (SSSR count). The summed E-state index contributed by atoms with van der Waals surface area (Å²) in [5, 5.41) is 22.8. The van der Waals surface area contributed by atoms with Crippen molar-refractivity contribution in [2.24, 2.45) is 0 Å². The third-order valence-corrected chi connectivity index (χ3v) is 8.56. The van der Waals surface area contributed by atoms with E-state index in [-0.39, 0.29) is 12.5 Å². The lowest BCUT2D eigenvalue weighted by atomic mass is 10.1. The number of allylic oxidation sites excluding steroid dienone is 23. The van der Waals surface area contributed by atoms with Crippen LogP contribution in [0.5, 0.6) is 0 Å². The van der Waals surface area contributed by atoms with Gasteiger partial charge in [-0.15, -0.1) is 0 Å². The van der Waals surface area contributed by atoms with Crippen LogP contribution in [0.1, 0.15) is 149 Å². The first-order valence-corrected chi connectivity index (χ1v) is 21.5. The second kappa shape index (κ2) is 44.7. The van der Waals surface area contributed by atoms with Gasteiger partial charge in [0.1, 0.15) is 0 Å². The Bertz CT molecular complexity index is 1220. The number of hydrogen-bond acceptors (Lipinski definition) is 3. The SMILES string of the molecule is CC/C=C\C/C=C\C/C=C\C/C=C\C/C=C\C/C=C\C/C=C\C/C=C\C/C=C\C/C=C\CCCCC(=O)NC(CO)C(O)/C=C/CC/C=C/CCCCCC. The van der Waals surface area contributed by atoms with Gasteiger partial charge in [0.2, 0.25) is 5.91 Å². The number of hydrogen-bond donors (Lipinski definition) is 3. The molecule has 0 aliphatic rings. The maximum absolute atomic E-state index is 12.3. The molecule has 0 aromatic rings. The molecule has 0 radical (unpaired) electrons. The first-order chi connectivity index (χ1) is 27.2. The second-order valence-electron chi connectivity index (χ2n) is 13.7. The lowest BCUT2D eigenvalue weighted by molar-refractivity contribution is -0.123. The number of rotatable bonds is 36. The van der Waals surface area contributed by atoms with Crippen molar-refractivity contribution in [2.75, 3.05) is 6.61 Å². The van der Waals surface area contributed by atoms with Gasteiger partial charge in [0, 0.05) is 6.42 Å². The molecular formula is C51H79NO3. The summed E-state index contributed by atoms with van der Waals surface area (Å²) in [6.07, 6.45) is 72.4. The van der Waals surface area contributed by atoms with E-state index in [2.05, 4.69) is 153 Å². The van der Waals surface area contributed by atoms with Gasteiger partial charge in [-0.05, 0) is 109 Å². The van der Waals surface area contributed by atoms with Crippen molar-refractivity contribution >= 4 is 5.91 Å². The van der Waals surface area contributed by atoms with E-state index in [1.165, 1.54) is 25.7 Å². The molecule has 2 unspecified atom stereocenters. The highest BCUT2D eigenvalue weighted by molar-refractivity contribution is 5.76. The molecule has 0 saturated carbocycles. The third-order valence-electron chi connectivity index (χ3n) is 8.56. The zero-order valence-corrected chi connectivity index (χ0v) is 34.9. The fourth-order valence-corrected chi connectivity index (χ4v) is 5.28. The predicted molar refractivity (Wildman–Crippen MR) is 243 cm³/mol. The van der Waals surface area contributed by atoms with Crippen LogP contribution in [0.2, 0.25) is 0 Å². The van der Waals surface area contributed by atoms with Gasteiger partial charge in [0.15, 0.2) is 0 Å². The molecule has 0 aliphatic heterocycles. The molecule has 2 atom stereocenters. The highest BCUT2D eigenvalue weighted by Crippen LogP contribution is 2.06. The molecule has 0 heterocycles. The Morgan fingerprint density at radius 2 is 0.818 bits per heavy atom. The highest BCUT2D eigenvalue weighted by atomic mass is 16.3. The van der Waals surface area contributed by atoms with Crippen molar-refractivity contribution in [2.45, 2.75) is 161 Å². The van der Waals surface area contributed by atoms with Crippen LogP contribution < -0.4 is 5.32 Å². The molecule has 4 heteroatoms. The molecule has 0 aromatic carbocycles. The van der Waals surface area contributed by atoms with Crippen LogP contribution in [0.3, 0.4) is 0 Å². The maximum atomic E-state index is 12.3. The predicted octanol–water partition coefficient (Wildman–Crippen LogP) is 13.7. The summed E-state index contributed by atoms with van der Waals surface area (Å²) in [7, 11) is 0. The van der Waals surface area contributed by atoms with Crippen molar-refractivity contribution in [3.8, 4) is 0 Å². The van der Waals surface area contributed by atoms with Gasteiger partial charge in [-0.3, -0.25) is 4.79 Å². The number of carbonyl (C=O) groups is 1. The minimum atomic E-state index is -0.889. The molecule has 0 aliphatic carbocycles. The van der Waals surface area contributed by atoms with Crippen LogP contribution in [0.4, 0.5) is 0 Å². The average molecular weight is 754 g/mol. The topological polar surface area (TPSA) is 69.6 Å². The molecule has 4 nitrogen and oxygen atoms in total. The summed E-state index contributed by atoms with van der Waals surface area (Å²) in [6, 6.07) is -0.671. The van der Waals surface area contributed by atoms with Gasteiger partial charge in [-0.2, -0.15) is 0 Å². The smallest absolute Gasteiger partial charge is 0.220 e. The Morgan fingerprint density at radius 1 is 0.455 bits per heavy atom. The molecular weight excluding hydrogens is 675 g/mol. The molecule has 1 amide bonds. The Hall–Kier alpha value is -3.73. The lowest BCUT2D eigenvalue weighted by Gasteiger charge is -2.19. The standard InChI is InChI=1S/C51H79NO3/c1-3-5-7-9-11-13-15-16-17-18-19-20-21-22-23-24-25-26-27-28-29-30-31-32-33-34-35-36-37-39-41-43-45-47-51(55)52-49(48-53)50(54)46-44-42-40-38-14-12-10-8-6-4-2/h5,7,11,13-14,16-17,19-20,22-23,25-26,28-29,31-32,34-35,37-39,44,46,49-50,53-54H,3-4,6,8-10,12,15,18,21,24,27,30,33,36,40-43,45,47-48H2,1-2H3,(H,52,55)/b7-5-,13-11-,17-16-,20-19-,23-22-,26-25-,29-28-,32-31-,35-34-,38-14+,39-37-,46-44+. The summed E-state index contributed by atoms with van der Waals surface area (Å²) in [4.78, 5) is 12.3. The number of unbranched alkanes of at least 4 members (excludes halogenated alkanes) is 7. The number of aliphatic hydroxyl groups excluding tert-OH is 2. The van der Waals surface area contributed by atoms with Crippen LogP contribution in [-0.2, 0) is 4.79 Å². The summed E-state index contributed by atoms with van der Waals surface area (Å²) in [6.45, 7) is 4.10. The van der Waals surface area contributed by atoms with Crippen molar-refractivity contribution < 1.29 is 15.0 Å². The quantitative estimate of drug-likeness (QED) is 0.0441. The van der Waals surface area contributed by atoms with E-state index in [4.69, 9.17) is 0 Å². The average Bonchev–Trinajstić information content (AvgIpc) is 3.19. The molecule has 0 saturated heterocycles. The Balaban J connectivity index is 3.80. The van der Waals surface area contributed by atoms with Crippen LogP contribution in [0.25, 0.3) is 0 Å². The van der Waals surface area contributed by atoms with E-state index in [1.807, 2.05) is 6.08 Å². The van der Waals surface area contributed by atoms with Crippen molar-refractivity contribution in [3.05, 3.63) is 146 Å². The summed E-state index contributed by atoms with van der Waals surface area (Å²) in [5.74, 6) is -0.127. The molecule has 0 spiro atoms. The van der Waals surface area contributed by atoms with Gasteiger partial charge in [0.05, 0.1) is 18.8 Å². The van der Waals surface area contributed by atoms with Crippen LogP contribution in [-0.4, -0.2) is 34.9 Å². The summed E-state index contributed by atoms with van der Waals surface area (Å²) < 4.78 is 0. The lowest BCUT2D eigenvalue weighted by Crippen LogP contribution is -2.45. The van der Waals surface area contributed by atoms with Crippen molar-refractivity contribution in [1.82, 2.24) is 5.32 Å². The van der Waals surface area contributed by atoms with Gasteiger partial charge in [-0.25, -0.2) is 0 Å². The summed E-state index contributed by atoms with van der Waals surface area (Å²) >= 11 is 0. The first kappa shape index (κ1) is 51.3. The van der Waals surface area contributed by atoms with Gasteiger partial charge < -0.3 is 15.5 Å². The van der Waals surface area contributed by atoms with Crippen molar-refractivity contribution in [1.29, 1.82) is 0 Å². The Labute approximate surface area is 338 Å². The first-order valence-electron chi connectivity index (χ1n) is 21.5. The monoisotopic (exact) mass is 754 g/mol. The molecule has 0 bridgehead atoms. The second-order valence-corrected chi connectivity index (χ2v) is 13.7. The van der Waals surface area contributed by atoms with E-state index >= 15 is 0 Å². The van der Waals surface area contributed by atoms with Crippen LogP contribution in [0, 0.1) is 0 Å². The van der Waals surface area contributed by atoms with Crippen molar-refractivity contribution in [3.63, 3.8) is 0 Å². The molecule has 306 valence electrons. The highest BCUT2D eigenvalue weighted by Gasteiger charge is 2.17. The third kappa shape index (κ3) is 41.3. The van der Waals surface area contributed by atoms with E-state index in [1.54, 1.807) is 6.08 Å². The Kier molecular flexibility index (Phi) is 41.6. The van der Waals surface area contributed by atoms with E-state index < -0.39 is 12.1 Å². The van der Waals surface area contributed by atoms with Crippen LogP contribution >= 0.6 is 0 Å². The number of carbonyl (C=O) groups excluding carboxylic acids is 1. The zero-order chi connectivity index (χ0) is 40.0. The number of nitrogens with one attached hydrogen (secondary N) is 1. The van der Waals surface area contributed by atoms with Crippen LogP contribution in [0.15, 0.2) is 146 Å². The minimum absolute atomic E-state index is 0.127. The van der Waals surface area contributed by atoms with E-state index in [9.17, 15) is 15.0 Å². The zero-order valence-electron chi connectivity index (χ0n) is 34.9. The number of amides is 1. The minimum Gasteiger partial charge on any atom is -0.394 e. The van der Waals surface area contributed by atoms with E-state index in [0.717, 1.165) is 103 Å². The van der Waals surface area contributed by atoms with Gasteiger partial charge >= 0.3 is 0 Å². The molecule has 55 heavy (non-hydrogen) atoms. The van der Waals surface area contributed by atoms with Gasteiger partial charge in [-0.1, -0.05) is 179 Å². The largest absolute Gasteiger partial charge is 0.394 e. The Morgan fingerprint density at radius 3 is 1.24 bits per heavy atom. The van der Waals surface area contributed by atoms with E-state index in [0.29, 0.717) is 6.42 Å². The van der Waals surface area contributed by atoms with Gasteiger partial charge in [0.25, 0.3) is 0 Å².